The van der Waals surface area contributed by atoms with Gasteiger partial charge in [-0.05, 0) is 43.6 Å². The van der Waals surface area contributed by atoms with Gasteiger partial charge in [0, 0.05) is 6.04 Å². The van der Waals surface area contributed by atoms with E-state index in [0.717, 1.165) is 38.5 Å². The Balaban J connectivity index is 1.65. The molecule has 3 rings (SSSR count). The molecule has 0 radical (unpaired) electrons. The van der Waals surface area contributed by atoms with E-state index in [9.17, 15) is 14.4 Å². The molecule has 150 valence electrons. The number of nitrogens with one attached hydrogen (secondary N) is 3. The van der Waals surface area contributed by atoms with Gasteiger partial charge in [0.2, 0.25) is 5.75 Å². The molecule has 0 aliphatic heterocycles. The van der Waals surface area contributed by atoms with Gasteiger partial charge in [0.15, 0.2) is 5.69 Å². The molecule has 1 amide bonds. The Labute approximate surface area is 163 Å². The summed E-state index contributed by atoms with van der Waals surface area (Å²) in [7, 11) is 0. The van der Waals surface area contributed by atoms with Crippen molar-refractivity contribution in [2.45, 2.75) is 57.4 Å². The van der Waals surface area contributed by atoms with Crippen LogP contribution in [0.1, 0.15) is 67.4 Å². The Bertz CT molecular complexity index is 896. The van der Waals surface area contributed by atoms with Crippen LogP contribution in [-0.2, 0) is 0 Å². The molecule has 1 saturated carbocycles. The third kappa shape index (κ3) is 4.91. The minimum atomic E-state index is -0.717. The highest BCUT2D eigenvalue weighted by Gasteiger charge is 2.26. The lowest BCUT2D eigenvalue weighted by molar-refractivity contribution is 0.0915. The van der Waals surface area contributed by atoms with Gasteiger partial charge in [-0.2, -0.15) is 0 Å². The lowest BCUT2D eigenvalue weighted by atomic mass is 9.82. The highest BCUT2D eigenvalue weighted by molar-refractivity contribution is 5.94. The Morgan fingerprint density at radius 3 is 2.50 bits per heavy atom. The number of hydrogen-bond donors (Lipinski definition) is 3. The van der Waals surface area contributed by atoms with Crippen molar-refractivity contribution in [1.29, 1.82) is 0 Å². The molecule has 0 atom stereocenters. The molecule has 1 aliphatic rings. The van der Waals surface area contributed by atoms with Gasteiger partial charge < -0.3 is 10.1 Å². The summed E-state index contributed by atoms with van der Waals surface area (Å²) >= 11 is 0. The van der Waals surface area contributed by atoms with Gasteiger partial charge in [0.05, 0.1) is 6.61 Å². The molecular weight excluding hydrogens is 358 g/mol. The molecule has 1 aromatic carbocycles. The molecule has 1 heterocycles. The summed E-state index contributed by atoms with van der Waals surface area (Å²) in [6, 6.07) is 10.4. The first kappa shape index (κ1) is 19.9. The number of carbonyl (C=O) groups is 1. The average molecular weight is 385 g/mol. The fourth-order valence-electron chi connectivity index (χ4n) is 3.64. The SMILES string of the molecule is CCCCOc1c(C(=O)N[C@H]2CC[C@@H](c3ccccc3)CC2)[nH]c(=O)[nH]c1=O. The predicted octanol–water partition coefficient (Wildman–Crippen LogP) is 2.70. The molecule has 2 aromatic rings. The number of amides is 1. The second kappa shape index (κ2) is 9.39. The highest BCUT2D eigenvalue weighted by Crippen LogP contribution is 2.32. The van der Waals surface area contributed by atoms with Crippen molar-refractivity contribution in [3.8, 4) is 5.75 Å². The molecule has 7 nitrogen and oxygen atoms in total. The number of benzene rings is 1. The van der Waals surface area contributed by atoms with E-state index in [1.807, 2.05) is 25.1 Å². The van der Waals surface area contributed by atoms with Crippen LogP contribution in [0.3, 0.4) is 0 Å². The summed E-state index contributed by atoms with van der Waals surface area (Å²) in [5, 5.41) is 2.95. The lowest BCUT2D eigenvalue weighted by Gasteiger charge is -2.29. The molecule has 7 heteroatoms. The summed E-state index contributed by atoms with van der Waals surface area (Å²) < 4.78 is 5.47. The van der Waals surface area contributed by atoms with Gasteiger partial charge in [-0.25, -0.2) is 4.79 Å². The number of aromatic amines is 2. The van der Waals surface area contributed by atoms with Crippen LogP contribution in [0.4, 0.5) is 0 Å². The summed E-state index contributed by atoms with van der Waals surface area (Å²) in [4.78, 5) is 41.0. The largest absolute Gasteiger partial charge is 0.486 e. The van der Waals surface area contributed by atoms with Gasteiger partial charge in [0.1, 0.15) is 0 Å². The lowest BCUT2D eigenvalue weighted by Crippen LogP contribution is -2.40. The first-order chi connectivity index (χ1) is 13.6. The molecule has 0 unspecified atom stereocenters. The monoisotopic (exact) mass is 385 g/mol. The summed E-state index contributed by atoms with van der Waals surface area (Å²) in [6.45, 7) is 2.31. The number of hydrogen-bond acceptors (Lipinski definition) is 4. The van der Waals surface area contributed by atoms with Gasteiger partial charge in [-0.15, -0.1) is 0 Å². The molecule has 0 spiro atoms. The van der Waals surface area contributed by atoms with E-state index in [2.05, 4.69) is 27.4 Å². The number of ether oxygens (including phenoxy) is 1. The normalized spacial score (nSPS) is 19.2. The van der Waals surface area contributed by atoms with Crippen molar-refractivity contribution < 1.29 is 9.53 Å². The number of carbonyl (C=O) groups excluding carboxylic acids is 1. The van der Waals surface area contributed by atoms with E-state index in [0.29, 0.717) is 12.5 Å². The second-order valence-corrected chi connectivity index (χ2v) is 7.25. The van der Waals surface area contributed by atoms with Crippen molar-refractivity contribution in [3.63, 3.8) is 0 Å². The van der Waals surface area contributed by atoms with Crippen molar-refractivity contribution in [3.05, 3.63) is 62.4 Å². The minimum Gasteiger partial charge on any atom is -0.486 e. The fraction of sp³-hybridized carbons (Fsp3) is 0.476. The molecule has 0 saturated heterocycles. The molecule has 1 aliphatic carbocycles. The van der Waals surface area contributed by atoms with Crippen molar-refractivity contribution in [1.82, 2.24) is 15.3 Å². The van der Waals surface area contributed by atoms with Gasteiger partial charge in [0.25, 0.3) is 11.5 Å². The zero-order valence-corrected chi connectivity index (χ0v) is 16.1. The zero-order chi connectivity index (χ0) is 19.9. The van der Waals surface area contributed by atoms with E-state index >= 15 is 0 Å². The van der Waals surface area contributed by atoms with E-state index in [4.69, 9.17) is 4.74 Å². The molecular formula is C21H27N3O4. The number of unbranched alkanes of at least 4 members (excludes halogenated alkanes) is 1. The Morgan fingerprint density at radius 2 is 1.82 bits per heavy atom. The zero-order valence-electron chi connectivity index (χ0n) is 16.1. The first-order valence-electron chi connectivity index (χ1n) is 9.93. The summed E-state index contributed by atoms with van der Waals surface area (Å²) in [5.41, 5.74) is -0.170. The maximum atomic E-state index is 12.7. The molecule has 28 heavy (non-hydrogen) atoms. The first-order valence-corrected chi connectivity index (χ1v) is 9.93. The molecule has 0 bridgehead atoms. The minimum absolute atomic E-state index is 0.0127. The molecule has 1 aromatic heterocycles. The Kier molecular flexibility index (Phi) is 6.68. The van der Waals surface area contributed by atoms with Crippen LogP contribution >= 0.6 is 0 Å². The van der Waals surface area contributed by atoms with Crippen LogP contribution in [0.25, 0.3) is 0 Å². The van der Waals surface area contributed by atoms with Crippen molar-refractivity contribution >= 4 is 5.91 Å². The molecule has 3 N–H and O–H groups in total. The van der Waals surface area contributed by atoms with Crippen LogP contribution in [0.15, 0.2) is 39.9 Å². The Morgan fingerprint density at radius 1 is 1.11 bits per heavy atom. The standard InChI is InChI=1S/C21H27N3O4/c1-2-3-13-28-18-17(23-21(27)24-20(18)26)19(25)22-16-11-9-15(10-12-16)14-7-5-4-6-8-14/h4-8,15-16H,2-3,9-13H2,1H3,(H,22,25)(H2,23,24,26,27)/t15-,16+. The third-order valence-corrected chi connectivity index (χ3v) is 5.20. The summed E-state index contributed by atoms with van der Waals surface area (Å²) in [5.74, 6) is -0.0944. The second-order valence-electron chi connectivity index (χ2n) is 7.25. The third-order valence-electron chi connectivity index (χ3n) is 5.20. The van der Waals surface area contributed by atoms with Crippen LogP contribution in [0.2, 0.25) is 0 Å². The van der Waals surface area contributed by atoms with E-state index in [-0.39, 0.29) is 17.5 Å². The number of aromatic nitrogens is 2. The topological polar surface area (TPSA) is 104 Å². The molecule has 1 fully saturated rings. The van der Waals surface area contributed by atoms with E-state index in [1.54, 1.807) is 0 Å². The number of H-pyrrole nitrogens is 2. The smallest absolute Gasteiger partial charge is 0.326 e. The van der Waals surface area contributed by atoms with Crippen LogP contribution in [0, 0.1) is 0 Å². The number of rotatable bonds is 7. The predicted molar refractivity (Wildman–Crippen MR) is 107 cm³/mol. The van der Waals surface area contributed by atoms with Crippen molar-refractivity contribution in [2.75, 3.05) is 6.61 Å². The fourth-order valence-corrected chi connectivity index (χ4v) is 3.64. The Hall–Kier alpha value is -2.83. The van der Waals surface area contributed by atoms with Gasteiger partial charge >= 0.3 is 5.69 Å². The quantitative estimate of drug-likeness (QED) is 0.638. The van der Waals surface area contributed by atoms with Crippen molar-refractivity contribution in [2.24, 2.45) is 0 Å². The van der Waals surface area contributed by atoms with Crippen LogP contribution < -0.4 is 21.3 Å². The van der Waals surface area contributed by atoms with E-state index in [1.165, 1.54) is 5.56 Å². The summed E-state index contributed by atoms with van der Waals surface area (Å²) in [6.07, 6.45) is 5.33. The van der Waals surface area contributed by atoms with Crippen LogP contribution in [0.5, 0.6) is 5.75 Å². The maximum absolute atomic E-state index is 12.7. The average Bonchev–Trinajstić information content (AvgIpc) is 2.70. The highest BCUT2D eigenvalue weighted by atomic mass is 16.5. The van der Waals surface area contributed by atoms with Gasteiger partial charge in [-0.3, -0.25) is 19.6 Å². The van der Waals surface area contributed by atoms with E-state index < -0.39 is 17.2 Å². The van der Waals surface area contributed by atoms with Gasteiger partial charge in [-0.1, -0.05) is 43.7 Å². The van der Waals surface area contributed by atoms with Crippen LogP contribution in [-0.4, -0.2) is 28.5 Å². The maximum Gasteiger partial charge on any atom is 0.326 e.